The molecule has 1 N–H and O–H groups in total. The van der Waals surface area contributed by atoms with E-state index < -0.39 is 10.0 Å². The number of hydrogen-bond donors (Lipinski definition) is 1. The van der Waals surface area contributed by atoms with Gasteiger partial charge in [0.1, 0.15) is 0 Å². The van der Waals surface area contributed by atoms with E-state index in [9.17, 15) is 8.42 Å². The molecule has 0 amide bonds. The fourth-order valence-corrected chi connectivity index (χ4v) is 3.25. The van der Waals surface area contributed by atoms with Gasteiger partial charge in [0.05, 0.1) is 12.4 Å². The Hall–Kier alpha value is -0.170. The first kappa shape index (κ1) is 13.9. The molecule has 0 bridgehead atoms. The molecule has 5 nitrogen and oxygen atoms in total. The first-order chi connectivity index (χ1) is 7.58. The van der Waals surface area contributed by atoms with Gasteiger partial charge in [-0.1, -0.05) is 0 Å². The molecule has 0 spiro atoms. The van der Waals surface area contributed by atoms with Crippen molar-refractivity contribution < 1.29 is 13.2 Å². The van der Waals surface area contributed by atoms with Crippen molar-refractivity contribution >= 4 is 10.0 Å². The molecule has 0 aromatic carbocycles. The molecular weight excluding hydrogens is 228 g/mol. The van der Waals surface area contributed by atoms with E-state index in [1.165, 1.54) is 11.4 Å². The van der Waals surface area contributed by atoms with Gasteiger partial charge in [0.2, 0.25) is 10.0 Å². The maximum Gasteiger partial charge on any atom is 0.216 e. The van der Waals surface area contributed by atoms with E-state index in [0.717, 1.165) is 32.4 Å². The molecule has 0 aromatic heterocycles. The van der Waals surface area contributed by atoms with Crippen LogP contribution in [0.2, 0.25) is 0 Å². The minimum Gasteiger partial charge on any atom is -0.384 e. The van der Waals surface area contributed by atoms with Gasteiger partial charge >= 0.3 is 0 Å². The summed E-state index contributed by atoms with van der Waals surface area (Å²) in [5.74, 6) is 0.0733. The van der Waals surface area contributed by atoms with Gasteiger partial charge in [0, 0.05) is 20.2 Å². The minimum atomic E-state index is -3.16. The second-order valence-electron chi connectivity index (χ2n) is 4.16. The summed E-state index contributed by atoms with van der Waals surface area (Å²) in [6.07, 6.45) is 2.87. The van der Waals surface area contributed by atoms with E-state index in [1.807, 2.05) is 0 Å². The Bertz CT molecular complexity index is 284. The quantitative estimate of drug-likeness (QED) is 0.748. The van der Waals surface area contributed by atoms with Gasteiger partial charge in [-0.15, -0.1) is 0 Å². The average Bonchev–Trinajstić information content (AvgIpc) is 2.53. The van der Waals surface area contributed by atoms with Crippen molar-refractivity contribution in [2.75, 3.05) is 39.6 Å². The third-order valence-electron chi connectivity index (χ3n) is 3.04. The minimum absolute atomic E-state index is 0.0733. The van der Waals surface area contributed by atoms with Gasteiger partial charge in [-0.3, -0.25) is 0 Å². The van der Waals surface area contributed by atoms with Crippen LogP contribution in [0, 0.1) is 0 Å². The van der Waals surface area contributed by atoms with Crippen LogP contribution in [-0.2, 0) is 14.8 Å². The zero-order valence-electron chi connectivity index (χ0n) is 10.1. The van der Waals surface area contributed by atoms with Gasteiger partial charge < -0.3 is 10.1 Å². The van der Waals surface area contributed by atoms with Crippen molar-refractivity contribution in [3.63, 3.8) is 0 Å². The van der Waals surface area contributed by atoms with Gasteiger partial charge in [0.15, 0.2) is 0 Å². The van der Waals surface area contributed by atoms with Crippen LogP contribution in [0.3, 0.4) is 0 Å². The monoisotopic (exact) mass is 250 g/mol. The van der Waals surface area contributed by atoms with Crippen LogP contribution in [0.15, 0.2) is 0 Å². The summed E-state index contributed by atoms with van der Waals surface area (Å²) < 4.78 is 30.2. The molecule has 1 rings (SSSR count). The van der Waals surface area contributed by atoms with Gasteiger partial charge in [-0.25, -0.2) is 12.7 Å². The largest absolute Gasteiger partial charge is 0.384 e. The van der Waals surface area contributed by atoms with Crippen LogP contribution in [0.4, 0.5) is 0 Å². The summed E-state index contributed by atoms with van der Waals surface area (Å²) in [7, 11) is 0.0428. The molecule has 96 valence electrons. The Kier molecular flexibility index (Phi) is 5.68. The van der Waals surface area contributed by atoms with Crippen molar-refractivity contribution in [3.05, 3.63) is 0 Å². The zero-order valence-corrected chi connectivity index (χ0v) is 10.9. The molecule has 1 aliphatic heterocycles. The fourth-order valence-electron chi connectivity index (χ4n) is 1.92. The molecule has 0 aliphatic carbocycles. The lowest BCUT2D eigenvalue weighted by molar-refractivity contribution is 0.214. The highest BCUT2D eigenvalue weighted by atomic mass is 32.2. The van der Waals surface area contributed by atoms with E-state index in [4.69, 9.17) is 4.74 Å². The average molecular weight is 250 g/mol. The fraction of sp³-hybridized carbons (Fsp3) is 1.00. The topological polar surface area (TPSA) is 58.6 Å². The summed E-state index contributed by atoms with van der Waals surface area (Å²) in [5, 5.41) is 3.28. The van der Waals surface area contributed by atoms with Crippen molar-refractivity contribution in [1.82, 2.24) is 9.62 Å². The predicted molar refractivity (Wildman–Crippen MR) is 63.9 cm³/mol. The Morgan fingerprint density at radius 3 is 2.81 bits per heavy atom. The van der Waals surface area contributed by atoms with Crippen molar-refractivity contribution in [1.29, 1.82) is 0 Å². The summed E-state index contributed by atoms with van der Waals surface area (Å²) in [6.45, 7) is 2.15. The molecule has 6 heteroatoms. The van der Waals surface area contributed by atoms with Crippen molar-refractivity contribution in [3.8, 4) is 0 Å². The highest BCUT2D eigenvalue weighted by Crippen LogP contribution is 2.15. The van der Waals surface area contributed by atoms with Crippen LogP contribution in [0.25, 0.3) is 0 Å². The third kappa shape index (κ3) is 4.01. The molecule has 0 aromatic rings. The molecule has 0 radical (unpaired) electrons. The molecule has 1 saturated heterocycles. The summed E-state index contributed by atoms with van der Waals surface area (Å²) in [5.41, 5.74) is 0. The second-order valence-corrected chi connectivity index (χ2v) is 6.31. The summed E-state index contributed by atoms with van der Waals surface area (Å²) >= 11 is 0. The smallest absolute Gasteiger partial charge is 0.216 e. The van der Waals surface area contributed by atoms with E-state index in [2.05, 4.69) is 5.32 Å². The van der Waals surface area contributed by atoms with Gasteiger partial charge in [0.25, 0.3) is 0 Å². The molecule has 1 unspecified atom stereocenters. The maximum atomic E-state index is 11.9. The van der Waals surface area contributed by atoms with Gasteiger partial charge in [-0.2, -0.15) is 0 Å². The lowest BCUT2D eigenvalue weighted by atomic mass is 10.1. The maximum absolute atomic E-state index is 11.9. The lowest BCUT2D eigenvalue weighted by Crippen LogP contribution is -2.39. The highest BCUT2D eigenvalue weighted by molar-refractivity contribution is 7.89. The normalized spacial score (nSPS) is 23.3. The highest BCUT2D eigenvalue weighted by Gasteiger charge is 2.26. The molecular formula is C10H22N2O3S. The van der Waals surface area contributed by atoms with Crippen molar-refractivity contribution in [2.24, 2.45) is 0 Å². The van der Waals surface area contributed by atoms with E-state index in [0.29, 0.717) is 0 Å². The van der Waals surface area contributed by atoms with E-state index >= 15 is 0 Å². The van der Waals surface area contributed by atoms with Crippen LogP contribution < -0.4 is 5.32 Å². The first-order valence-corrected chi connectivity index (χ1v) is 7.34. The molecule has 16 heavy (non-hydrogen) atoms. The van der Waals surface area contributed by atoms with Crippen LogP contribution in [0.5, 0.6) is 0 Å². The Morgan fingerprint density at radius 2 is 2.12 bits per heavy atom. The third-order valence-corrected chi connectivity index (χ3v) is 4.90. The van der Waals surface area contributed by atoms with Crippen molar-refractivity contribution in [2.45, 2.75) is 25.3 Å². The first-order valence-electron chi connectivity index (χ1n) is 5.73. The SMILES string of the molecule is COCCS(=O)(=O)N(C)C1CCCNCC1. The van der Waals surface area contributed by atoms with E-state index in [-0.39, 0.29) is 18.4 Å². The van der Waals surface area contributed by atoms with Gasteiger partial charge in [-0.05, 0) is 32.4 Å². The summed E-state index contributed by atoms with van der Waals surface area (Å²) in [6, 6.07) is 0.136. The molecule has 1 aliphatic rings. The number of nitrogens with one attached hydrogen (secondary N) is 1. The number of ether oxygens (including phenoxy) is 1. The number of methoxy groups -OCH3 is 1. The number of nitrogens with zero attached hydrogens (tertiary/aromatic N) is 1. The standard InChI is InChI=1S/C10H22N2O3S/c1-12(16(13,14)9-8-15-2)10-4-3-6-11-7-5-10/h10-11H,3-9H2,1-2H3. The lowest BCUT2D eigenvalue weighted by Gasteiger charge is -2.26. The van der Waals surface area contributed by atoms with Crippen LogP contribution >= 0.6 is 0 Å². The number of sulfonamides is 1. The molecule has 1 fully saturated rings. The van der Waals surface area contributed by atoms with Crippen LogP contribution in [0.1, 0.15) is 19.3 Å². The Labute approximate surface area is 98.2 Å². The number of hydrogen-bond acceptors (Lipinski definition) is 4. The Balaban J connectivity index is 2.56. The number of rotatable bonds is 5. The molecule has 1 heterocycles. The molecule has 1 atom stereocenters. The predicted octanol–water partition coefficient (Wildman–Crippen LogP) is 0.0365. The Morgan fingerprint density at radius 1 is 1.38 bits per heavy atom. The molecule has 0 saturated carbocycles. The van der Waals surface area contributed by atoms with E-state index in [1.54, 1.807) is 7.05 Å². The second kappa shape index (κ2) is 6.54. The zero-order chi connectivity index (χ0) is 12.0. The van der Waals surface area contributed by atoms with Crippen LogP contribution in [-0.4, -0.2) is 58.4 Å². The summed E-state index contributed by atoms with van der Waals surface area (Å²) in [4.78, 5) is 0.